The molecule has 0 fully saturated rings. The Hall–Kier alpha value is -3.56. The van der Waals surface area contributed by atoms with Crippen molar-refractivity contribution in [2.24, 2.45) is 0 Å². The molecule has 0 bridgehead atoms. The van der Waals surface area contributed by atoms with Crippen molar-refractivity contribution in [1.29, 1.82) is 0 Å². The summed E-state index contributed by atoms with van der Waals surface area (Å²) in [6, 6.07) is 11.1. The fraction of sp³-hybridized carbons (Fsp3) is 0.167. The molecule has 28 heavy (non-hydrogen) atoms. The van der Waals surface area contributed by atoms with Crippen LogP contribution in [0.15, 0.2) is 48.5 Å². The SMILES string of the molecule is O=C1C[C@H](C(=O)Nc2cccc(OC(F)(F)F)c2)n2c(nc3ccccc32)N1. The maximum atomic E-state index is 12.8. The number of rotatable bonds is 3. The van der Waals surface area contributed by atoms with E-state index in [-0.39, 0.29) is 24.0 Å². The van der Waals surface area contributed by atoms with Crippen molar-refractivity contribution in [1.82, 2.24) is 9.55 Å². The Kier molecular flexibility index (Phi) is 4.17. The van der Waals surface area contributed by atoms with E-state index in [9.17, 15) is 22.8 Å². The predicted octanol–water partition coefficient (Wildman–Crippen LogP) is 3.46. The predicted molar refractivity (Wildman–Crippen MR) is 93.8 cm³/mol. The third-order valence-electron chi connectivity index (χ3n) is 4.18. The number of aromatic nitrogens is 2. The van der Waals surface area contributed by atoms with Crippen LogP contribution in [0.3, 0.4) is 0 Å². The minimum atomic E-state index is -4.84. The van der Waals surface area contributed by atoms with E-state index < -0.39 is 24.1 Å². The molecule has 4 rings (SSSR count). The lowest BCUT2D eigenvalue weighted by Gasteiger charge is -2.25. The molecule has 1 atom stereocenters. The first kappa shape index (κ1) is 17.8. The number of hydrogen-bond acceptors (Lipinski definition) is 4. The lowest BCUT2D eigenvalue weighted by Crippen LogP contribution is -2.35. The van der Waals surface area contributed by atoms with Gasteiger partial charge in [0.25, 0.3) is 0 Å². The Bertz CT molecular complexity index is 1080. The maximum absolute atomic E-state index is 12.8. The molecule has 144 valence electrons. The van der Waals surface area contributed by atoms with Gasteiger partial charge in [0.2, 0.25) is 17.8 Å². The average molecular weight is 390 g/mol. The summed E-state index contributed by atoms with van der Waals surface area (Å²) in [6.45, 7) is 0. The number of nitrogens with one attached hydrogen (secondary N) is 2. The number of carbonyl (C=O) groups excluding carboxylic acids is 2. The van der Waals surface area contributed by atoms with Crippen LogP contribution in [0.25, 0.3) is 11.0 Å². The van der Waals surface area contributed by atoms with E-state index in [1.54, 1.807) is 28.8 Å². The molecule has 2 amide bonds. The van der Waals surface area contributed by atoms with Gasteiger partial charge in [0.1, 0.15) is 11.8 Å². The molecular weight excluding hydrogens is 377 g/mol. The molecule has 0 radical (unpaired) electrons. The zero-order chi connectivity index (χ0) is 19.9. The molecule has 3 aromatic rings. The summed E-state index contributed by atoms with van der Waals surface area (Å²) in [7, 11) is 0. The van der Waals surface area contributed by atoms with Crippen molar-refractivity contribution >= 4 is 34.5 Å². The topological polar surface area (TPSA) is 85.2 Å². The molecule has 2 N–H and O–H groups in total. The van der Waals surface area contributed by atoms with E-state index in [4.69, 9.17) is 0 Å². The third-order valence-corrected chi connectivity index (χ3v) is 4.18. The highest BCUT2D eigenvalue weighted by Gasteiger charge is 2.33. The molecule has 0 unspecified atom stereocenters. The van der Waals surface area contributed by atoms with Gasteiger partial charge in [-0.25, -0.2) is 4.98 Å². The summed E-state index contributed by atoms with van der Waals surface area (Å²) in [4.78, 5) is 29.1. The van der Waals surface area contributed by atoms with Crippen molar-refractivity contribution in [3.63, 3.8) is 0 Å². The van der Waals surface area contributed by atoms with E-state index in [1.165, 1.54) is 12.1 Å². The second-order valence-electron chi connectivity index (χ2n) is 6.13. The number of amides is 2. The van der Waals surface area contributed by atoms with Crippen molar-refractivity contribution in [2.75, 3.05) is 10.6 Å². The van der Waals surface area contributed by atoms with E-state index in [0.717, 1.165) is 12.1 Å². The Labute approximate surface area is 156 Å². The van der Waals surface area contributed by atoms with E-state index in [0.29, 0.717) is 11.0 Å². The summed E-state index contributed by atoms with van der Waals surface area (Å²) in [5, 5.41) is 5.16. The highest BCUT2D eigenvalue weighted by atomic mass is 19.4. The molecule has 0 saturated heterocycles. The van der Waals surface area contributed by atoms with Gasteiger partial charge < -0.3 is 10.1 Å². The monoisotopic (exact) mass is 390 g/mol. The van der Waals surface area contributed by atoms with Crippen LogP contribution in [0.1, 0.15) is 12.5 Å². The molecule has 0 spiro atoms. The molecular formula is C18H13F3N4O3. The first-order valence-electron chi connectivity index (χ1n) is 8.24. The van der Waals surface area contributed by atoms with Crippen LogP contribution < -0.4 is 15.4 Å². The van der Waals surface area contributed by atoms with Gasteiger partial charge in [-0.3, -0.25) is 19.5 Å². The van der Waals surface area contributed by atoms with Crippen LogP contribution in [0.4, 0.5) is 24.8 Å². The number of alkyl halides is 3. The van der Waals surface area contributed by atoms with Gasteiger partial charge in [-0.1, -0.05) is 18.2 Å². The highest BCUT2D eigenvalue weighted by molar-refractivity contribution is 6.03. The fourth-order valence-corrected chi connectivity index (χ4v) is 3.10. The molecule has 2 aromatic carbocycles. The first-order chi connectivity index (χ1) is 13.3. The molecule has 1 aromatic heterocycles. The zero-order valence-electron chi connectivity index (χ0n) is 14.2. The zero-order valence-corrected chi connectivity index (χ0v) is 14.2. The number of imidazole rings is 1. The first-order valence-corrected chi connectivity index (χ1v) is 8.24. The van der Waals surface area contributed by atoms with Crippen LogP contribution >= 0.6 is 0 Å². The number of nitrogens with zero attached hydrogens (tertiary/aromatic N) is 2. The van der Waals surface area contributed by atoms with Crippen molar-refractivity contribution in [3.05, 3.63) is 48.5 Å². The normalized spacial score (nSPS) is 16.4. The van der Waals surface area contributed by atoms with Crippen LogP contribution in [-0.4, -0.2) is 27.7 Å². The van der Waals surface area contributed by atoms with Gasteiger partial charge in [-0.2, -0.15) is 0 Å². The van der Waals surface area contributed by atoms with Gasteiger partial charge in [0.05, 0.1) is 17.5 Å². The Balaban J connectivity index is 1.63. The van der Waals surface area contributed by atoms with Gasteiger partial charge in [0.15, 0.2) is 0 Å². The number of fused-ring (bicyclic) bond motifs is 3. The number of ether oxygens (including phenoxy) is 1. The minimum Gasteiger partial charge on any atom is -0.406 e. The molecule has 10 heteroatoms. The van der Waals surface area contributed by atoms with Crippen molar-refractivity contribution < 1.29 is 27.5 Å². The van der Waals surface area contributed by atoms with E-state index >= 15 is 0 Å². The maximum Gasteiger partial charge on any atom is 0.573 e. The van der Waals surface area contributed by atoms with E-state index in [1.807, 2.05) is 0 Å². The smallest absolute Gasteiger partial charge is 0.406 e. The molecule has 1 aliphatic rings. The number of hydrogen-bond donors (Lipinski definition) is 2. The molecule has 0 aliphatic carbocycles. The lowest BCUT2D eigenvalue weighted by atomic mass is 10.1. The van der Waals surface area contributed by atoms with Crippen molar-refractivity contribution in [3.8, 4) is 5.75 Å². The second-order valence-corrected chi connectivity index (χ2v) is 6.13. The second kappa shape index (κ2) is 6.55. The Morgan fingerprint density at radius 2 is 2.00 bits per heavy atom. The molecule has 7 nitrogen and oxygen atoms in total. The van der Waals surface area contributed by atoms with Gasteiger partial charge >= 0.3 is 6.36 Å². The largest absolute Gasteiger partial charge is 0.573 e. The summed E-state index contributed by atoms with van der Waals surface area (Å²) in [5.74, 6) is -1.15. The third kappa shape index (κ3) is 3.48. The number of carbonyl (C=O) groups is 2. The van der Waals surface area contributed by atoms with Crippen LogP contribution in [-0.2, 0) is 9.59 Å². The number of para-hydroxylation sites is 2. The number of benzene rings is 2. The lowest BCUT2D eigenvalue weighted by molar-refractivity contribution is -0.274. The van der Waals surface area contributed by atoms with Gasteiger partial charge in [-0.15, -0.1) is 13.2 Å². The summed E-state index contributed by atoms with van der Waals surface area (Å²) in [5.41, 5.74) is 1.38. The summed E-state index contributed by atoms with van der Waals surface area (Å²) in [6.07, 6.45) is -4.97. The summed E-state index contributed by atoms with van der Waals surface area (Å²) < 4.78 is 42.6. The highest BCUT2D eigenvalue weighted by Crippen LogP contribution is 2.31. The fourth-order valence-electron chi connectivity index (χ4n) is 3.10. The van der Waals surface area contributed by atoms with Crippen molar-refractivity contribution in [2.45, 2.75) is 18.8 Å². The number of halogens is 3. The van der Waals surface area contributed by atoms with Gasteiger partial charge in [0, 0.05) is 11.8 Å². The molecule has 1 aliphatic heterocycles. The average Bonchev–Trinajstić information content (AvgIpc) is 2.97. The van der Waals surface area contributed by atoms with Crippen LogP contribution in [0.5, 0.6) is 5.75 Å². The number of anilines is 2. The van der Waals surface area contributed by atoms with Gasteiger partial charge in [-0.05, 0) is 24.3 Å². The van der Waals surface area contributed by atoms with E-state index in [2.05, 4.69) is 20.4 Å². The minimum absolute atomic E-state index is 0.115. The summed E-state index contributed by atoms with van der Waals surface area (Å²) >= 11 is 0. The van der Waals surface area contributed by atoms with Crippen LogP contribution in [0.2, 0.25) is 0 Å². The standard InChI is InChI=1S/C18H13F3N4O3/c19-18(20,21)28-11-5-3-4-10(8-11)22-16(27)14-9-15(26)24-17-23-12-6-1-2-7-13(12)25(14)17/h1-8,14H,9H2,(H,22,27)(H,23,24,26)/t14-/m1/s1. The quantitative estimate of drug-likeness (QED) is 0.717. The Morgan fingerprint density at radius 1 is 1.21 bits per heavy atom. The Morgan fingerprint density at radius 3 is 2.79 bits per heavy atom. The molecule has 0 saturated carbocycles. The molecule has 2 heterocycles. The van der Waals surface area contributed by atoms with Crippen LogP contribution in [0, 0.1) is 0 Å².